The fourth-order valence-corrected chi connectivity index (χ4v) is 4.16. The number of benzene rings is 2. The van der Waals surface area contributed by atoms with Gasteiger partial charge in [0, 0.05) is 55.7 Å². The van der Waals surface area contributed by atoms with Gasteiger partial charge in [0.1, 0.15) is 5.69 Å². The molecule has 0 unspecified atom stereocenters. The minimum atomic E-state index is -4.57. The number of amides is 1. The van der Waals surface area contributed by atoms with E-state index in [0.29, 0.717) is 35.7 Å². The van der Waals surface area contributed by atoms with Gasteiger partial charge in [-0.2, -0.15) is 18.3 Å². The van der Waals surface area contributed by atoms with E-state index in [-0.39, 0.29) is 17.7 Å². The van der Waals surface area contributed by atoms with Gasteiger partial charge in [0.15, 0.2) is 5.65 Å². The number of rotatable bonds is 4. The summed E-state index contributed by atoms with van der Waals surface area (Å²) in [5, 5.41) is 10.1. The van der Waals surface area contributed by atoms with Crippen LogP contribution in [0.3, 0.4) is 0 Å². The number of alkyl halides is 3. The lowest BCUT2D eigenvalue weighted by molar-refractivity contribution is -0.138. The third-order valence-corrected chi connectivity index (χ3v) is 6.01. The number of nitrogens with zero attached hydrogens (tertiary/aromatic N) is 4. The van der Waals surface area contributed by atoms with Gasteiger partial charge in [-0.05, 0) is 53.9 Å². The summed E-state index contributed by atoms with van der Waals surface area (Å²) in [6.45, 7) is 3.00. The first-order valence-electron chi connectivity index (χ1n) is 11.7. The van der Waals surface area contributed by atoms with E-state index in [1.165, 1.54) is 12.1 Å². The second kappa shape index (κ2) is 10.4. The van der Waals surface area contributed by atoms with Crippen molar-refractivity contribution in [2.45, 2.75) is 12.7 Å². The van der Waals surface area contributed by atoms with E-state index in [1.807, 2.05) is 11.0 Å². The number of anilines is 1. The Morgan fingerprint density at radius 2 is 1.89 bits per heavy atom. The SMILES string of the molecule is O=C(Nc1cccc(C#Cc2cnc3cccnn23)c1)c1ccc(CN2CCNCC2)c(C(F)(F)F)c1. The third kappa shape index (κ3) is 5.80. The Balaban J connectivity index is 1.33. The number of nitrogens with one attached hydrogen (secondary N) is 2. The number of hydrogen-bond acceptors (Lipinski definition) is 5. The van der Waals surface area contributed by atoms with Crippen LogP contribution in [0.25, 0.3) is 5.65 Å². The molecule has 37 heavy (non-hydrogen) atoms. The number of piperazine rings is 1. The molecule has 3 heterocycles. The molecule has 0 spiro atoms. The number of fused-ring (bicyclic) bond motifs is 1. The second-order valence-electron chi connectivity index (χ2n) is 8.62. The summed E-state index contributed by atoms with van der Waals surface area (Å²) in [6.07, 6.45) is -1.31. The highest BCUT2D eigenvalue weighted by Crippen LogP contribution is 2.33. The number of hydrogen-bond donors (Lipinski definition) is 2. The fourth-order valence-electron chi connectivity index (χ4n) is 4.16. The van der Waals surface area contributed by atoms with Crippen molar-refractivity contribution in [1.82, 2.24) is 24.8 Å². The summed E-state index contributed by atoms with van der Waals surface area (Å²) < 4.78 is 43.1. The van der Waals surface area contributed by atoms with Crippen molar-refractivity contribution >= 4 is 17.2 Å². The number of aromatic nitrogens is 3. The molecule has 2 aromatic heterocycles. The van der Waals surface area contributed by atoms with Crippen molar-refractivity contribution in [2.75, 3.05) is 31.5 Å². The Morgan fingerprint density at radius 3 is 2.70 bits per heavy atom. The highest BCUT2D eigenvalue weighted by atomic mass is 19.4. The summed E-state index contributed by atoms with van der Waals surface area (Å²) in [5.41, 5.74) is 1.61. The maximum Gasteiger partial charge on any atom is 0.416 e. The van der Waals surface area contributed by atoms with Gasteiger partial charge in [-0.25, -0.2) is 9.50 Å². The summed E-state index contributed by atoms with van der Waals surface area (Å²) in [4.78, 5) is 19.1. The van der Waals surface area contributed by atoms with Crippen LogP contribution in [0.4, 0.5) is 18.9 Å². The summed E-state index contributed by atoms with van der Waals surface area (Å²) in [5.74, 6) is 5.38. The lowest BCUT2D eigenvalue weighted by atomic mass is 10.0. The van der Waals surface area contributed by atoms with Crippen LogP contribution >= 0.6 is 0 Å². The highest BCUT2D eigenvalue weighted by Gasteiger charge is 2.34. The second-order valence-corrected chi connectivity index (χ2v) is 8.62. The largest absolute Gasteiger partial charge is 0.416 e. The summed E-state index contributed by atoms with van der Waals surface area (Å²) in [7, 11) is 0. The van der Waals surface area contributed by atoms with Crippen molar-refractivity contribution in [3.05, 3.63) is 94.9 Å². The standard InChI is InChI=1S/C27H23F3N6O/c28-27(29,30)24-16-20(7-8-21(24)18-35-13-11-31-12-14-35)26(37)34-22-4-1-3-19(15-22)6-9-23-17-32-25-5-2-10-33-36(23)25/h1-5,7-8,10,15-17,31H,11-14,18H2,(H,34,37). The molecule has 1 fully saturated rings. The molecule has 1 aliphatic rings. The molecule has 1 saturated heterocycles. The average Bonchev–Trinajstić information content (AvgIpc) is 3.31. The van der Waals surface area contributed by atoms with Crippen LogP contribution in [-0.4, -0.2) is 51.6 Å². The molecule has 2 N–H and O–H groups in total. The minimum absolute atomic E-state index is 0.0651. The van der Waals surface area contributed by atoms with Gasteiger partial charge in [-0.15, -0.1) is 0 Å². The van der Waals surface area contributed by atoms with Crippen LogP contribution in [0, 0.1) is 11.8 Å². The first-order valence-corrected chi connectivity index (χ1v) is 11.7. The van der Waals surface area contributed by atoms with Gasteiger partial charge in [0.25, 0.3) is 5.91 Å². The molecule has 188 valence electrons. The molecule has 7 nitrogen and oxygen atoms in total. The molecular weight excluding hydrogens is 481 g/mol. The van der Waals surface area contributed by atoms with E-state index in [9.17, 15) is 18.0 Å². The number of carbonyl (C=O) groups is 1. The van der Waals surface area contributed by atoms with Gasteiger partial charge in [-0.3, -0.25) is 9.69 Å². The van der Waals surface area contributed by atoms with Crippen LogP contribution in [0.1, 0.15) is 32.7 Å². The van der Waals surface area contributed by atoms with E-state index in [4.69, 9.17) is 0 Å². The fraction of sp³-hybridized carbons (Fsp3) is 0.222. The lowest BCUT2D eigenvalue weighted by Gasteiger charge is -2.28. The minimum Gasteiger partial charge on any atom is -0.322 e. The topological polar surface area (TPSA) is 74.6 Å². The smallest absolute Gasteiger partial charge is 0.322 e. The molecule has 4 aromatic rings. The monoisotopic (exact) mass is 504 g/mol. The molecule has 5 rings (SSSR count). The maximum atomic E-state index is 13.8. The van der Waals surface area contributed by atoms with E-state index < -0.39 is 17.6 Å². The zero-order chi connectivity index (χ0) is 25.8. The normalized spacial score (nSPS) is 14.2. The Kier molecular flexibility index (Phi) is 6.90. The van der Waals surface area contributed by atoms with E-state index in [1.54, 1.807) is 47.2 Å². The van der Waals surface area contributed by atoms with Crippen molar-refractivity contribution < 1.29 is 18.0 Å². The van der Waals surface area contributed by atoms with Crippen LogP contribution in [-0.2, 0) is 12.7 Å². The van der Waals surface area contributed by atoms with Gasteiger partial charge < -0.3 is 10.6 Å². The molecular formula is C27H23F3N6O. The Labute approximate surface area is 211 Å². The molecule has 1 amide bonds. The van der Waals surface area contributed by atoms with E-state index in [2.05, 4.69) is 32.6 Å². The molecule has 1 aliphatic heterocycles. The van der Waals surface area contributed by atoms with Crippen LogP contribution in [0.5, 0.6) is 0 Å². The van der Waals surface area contributed by atoms with Crippen LogP contribution < -0.4 is 10.6 Å². The van der Waals surface area contributed by atoms with Gasteiger partial charge in [0.2, 0.25) is 0 Å². The van der Waals surface area contributed by atoms with Gasteiger partial charge >= 0.3 is 6.18 Å². The lowest BCUT2D eigenvalue weighted by Crippen LogP contribution is -2.43. The molecule has 0 atom stereocenters. The predicted molar refractivity (Wildman–Crippen MR) is 133 cm³/mol. The first kappa shape index (κ1) is 24.5. The molecule has 0 aliphatic carbocycles. The molecule has 10 heteroatoms. The van der Waals surface area contributed by atoms with Crippen LogP contribution in [0.15, 0.2) is 67.0 Å². The molecule has 2 aromatic carbocycles. The van der Waals surface area contributed by atoms with E-state index >= 15 is 0 Å². The first-order chi connectivity index (χ1) is 17.9. The van der Waals surface area contributed by atoms with Crippen molar-refractivity contribution in [3.8, 4) is 11.8 Å². The quantitative estimate of drug-likeness (QED) is 0.414. The zero-order valence-corrected chi connectivity index (χ0v) is 19.7. The van der Waals surface area contributed by atoms with Crippen molar-refractivity contribution in [2.24, 2.45) is 0 Å². The predicted octanol–water partition coefficient (Wildman–Crippen LogP) is 3.81. The Morgan fingerprint density at radius 1 is 1.05 bits per heavy atom. The van der Waals surface area contributed by atoms with Gasteiger partial charge in [-0.1, -0.05) is 18.1 Å². The Hall–Kier alpha value is -4.20. The van der Waals surface area contributed by atoms with Crippen molar-refractivity contribution in [1.29, 1.82) is 0 Å². The average molecular weight is 505 g/mol. The number of carbonyl (C=O) groups excluding carboxylic acids is 1. The van der Waals surface area contributed by atoms with Gasteiger partial charge in [0.05, 0.1) is 11.8 Å². The summed E-state index contributed by atoms with van der Waals surface area (Å²) >= 11 is 0. The highest BCUT2D eigenvalue weighted by molar-refractivity contribution is 6.04. The molecule has 0 saturated carbocycles. The third-order valence-electron chi connectivity index (χ3n) is 6.01. The number of halogens is 3. The van der Waals surface area contributed by atoms with Crippen molar-refractivity contribution in [3.63, 3.8) is 0 Å². The van der Waals surface area contributed by atoms with E-state index in [0.717, 1.165) is 19.2 Å². The molecule has 0 bridgehead atoms. The van der Waals surface area contributed by atoms with Crippen LogP contribution in [0.2, 0.25) is 0 Å². The summed E-state index contributed by atoms with van der Waals surface area (Å²) in [6, 6.07) is 14.1. The molecule has 0 radical (unpaired) electrons. The number of imidazole rings is 1. The maximum absolute atomic E-state index is 13.8. The zero-order valence-electron chi connectivity index (χ0n) is 19.7. The Bertz CT molecular complexity index is 1500.